The van der Waals surface area contributed by atoms with Gasteiger partial charge in [0.25, 0.3) is 0 Å². The number of aliphatic carboxylic acids is 1. The highest BCUT2D eigenvalue weighted by Crippen LogP contribution is 2.19. The first-order chi connectivity index (χ1) is 7.38. The van der Waals surface area contributed by atoms with E-state index in [-0.39, 0.29) is 5.82 Å². The maximum Gasteiger partial charge on any atom is 0.405 e. The molecule has 1 rings (SSSR count). The molecule has 0 radical (unpaired) electrons. The van der Waals surface area contributed by atoms with Crippen LogP contribution in [0.1, 0.15) is 0 Å². The Bertz CT molecular complexity index is 355. The monoisotopic (exact) mass is 235 g/mol. The molecule has 0 atom stereocenters. The van der Waals surface area contributed by atoms with Gasteiger partial charge in [-0.1, -0.05) is 0 Å². The van der Waals surface area contributed by atoms with Crippen LogP contribution in [0.5, 0.6) is 0 Å². The van der Waals surface area contributed by atoms with Crippen LogP contribution in [0.15, 0.2) is 18.6 Å². The fourth-order valence-corrected chi connectivity index (χ4v) is 1.07. The number of carbonyl (C=O) groups is 1. The molecule has 0 saturated carbocycles. The number of hydrogen-bond donors (Lipinski definition) is 1. The van der Waals surface area contributed by atoms with Crippen molar-refractivity contribution in [2.24, 2.45) is 0 Å². The Hall–Kier alpha value is -1.86. The zero-order valence-electron chi connectivity index (χ0n) is 7.98. The Morgan fingerprint density at radius 2 is 2.19 bits per heavy atom. The van der Waals surface area contributed by atoms with E-state index >= 15 is 0 Å². The smallest absolute Gasteiger partial charge is 0.405 e. The lowest BCUT2D eigenvalue weighted by molar-refractivity contribution is -0.136. The van der Waals surface area contributed by atoms with E-state index in [0.717, 1.165) is 6.33 Å². The molecule has 0 aromatic carbocycles. The zero-order chi connectivity index (χ0) is 12.2. The number of halogens is 3. The van der Waals surface area contributed by atoms with Gasteiger partial charge in [-0.05, 0) is 6.07 Å². The van der Waals surface area contributed by atoms with Gasteiger partial charge in [0, 0.05) is 6.20 Å². The molecule has 0 fully saturated rings. The maximum absolute atomic E-state index is 12.2. The summed E-state index contributed by atoms with van der Waals surface area (Å²) in [6.07, 6.45) is -2.19. The van der Waals surface area contributed by atoms with Crippen molar-refractivity contribution in [2.75, 3.05) is 18.0 Å². The normalized spacial score (nSPS) is 11.2. The average Bonchev–Trinajstić information content (AvgIpc) is 2.15. The molecule has 8 heteroatoms. The van der Waals surface area contributed by atoms with Gasteiger partial charge in [0.15, 0.2) is 0 Å². The standard InChI is InChI=1S/C8H8F3N3O2/c9-8(10,11)4-14(3-7(15)16)6-1-2-12-5-13-6/h1-2,5H,3-4H2,(H,15,16). The molecule has 88 valence electrons. The van der Waals surface area contributed by atoms with E-state index in [1.807, 2.05) is 0 Å². The summed E-state index contributed by atoms with van der Waals surface area (Å²) in [5.74, 6) is -1.43. The summed E-state index contributed by atoms with van der Waals surface area (Å²) in [6.45, 7) is -2.13. The lowest BCUT2D eigenvalue weighted by atomic mass is 10.4. The molecular weight excluding hydrogens is 227 g/mol. The topological polar surface area (TPSA) is 66.3 Å². The van der Waals surface area contributed by atoms with Crippen molar-refractivity contribution in [3.05, 3.63) is 18.6 Å². The van der Waals surface area contributed by atoms with Crippen molar-refractivity contribution in [1.29, 1.82) is 0 Å². The minimum absolute atomic E-state index is 0.0743. The molecule has 0 spiro atoms. The predicted octanol–water partition coefficient (Wildman–Crippen LogP) is 0.930. The summed E-state index contributed by atoms with van der Waals surface area (Å²) >= 11 is 0. The van der Waals surface area contributed by atoms with Gasteiger partial charge < -0.3 is 10.0 Å². The van der Waals surface area contributed by atoms with Gasteiger partial charge >= 0.3 is 12.1 Å². The molecule has 0 unspecified atom stereocenters. The molecule has 0 amide bonds. The number of anilines is 1. The van der Waals surface area contributed by atoms with E-state index in [1.54, 1.807) is 0 Å². The predicted molar refractivity (Wildman–Crippen MR) is 47.9 cm³/mol. The van der Waals surface area contributed by atoms with E-state index in [4.69, 9.17) is 5.11 Å². The van der Waals surface area contributed by atoms with Gasteiger partial charge in [0.1, 0.15) is 25.2 Å². The van der Waals surface area contributed by atoms with E-state index in [1.165, 1.54) is 12.3 Å². The molecule has 0 aliphatic carbocycles. The molecule has 1 heterocycles. The summed E-state index contributed by atoms with van der Waals surface area (Å²) in [6, 6.07) is 1.22. The number of hydrogen-bond acceptors (Lipinski definition) is 4. The number of aromatic nitrogens is 2. The van der Waals surface area contributed by atoms with Crippen LogP contribution in [0.3, 0.4) is 0 Å². The van der Waals surface area contributed by atoms with Crippen molar-refractivity contribution < 1.29 is 23.1 Å². The van der Waals surface area contributed by atoms with E-state index in [0.29, 0.717) is 4.90 Å². The molecule has 0 saturated heterocycles. The molecule has 1 aromatic rings. The molecular formula is C8H8F3N3O2. The molecule has 0 aliphatic rings. The summed E-state index contributed by atoms with van der Waals surface area (Å²) in [4.78, 5) is 18.1. The first kappa shape index (κ1) is 12.2. The van der Waals surface area contributed by atoms with Crippen LogP contribution in [0, 0.1) is 0 Å². The summed E-state index contributed by atoms with van der Waals surface area (Å²) in [7, 11) is 0. The van der Waals surface area contributed by atoms with Crippen molar-refractivity contribution in [3.63, 3.8) is 0 Å². The van der Waals surface area contributed by atoms with Gasteiger partial charge in [-0.25, -0.2) is 9.97 Å². The minimum Gasteiger partial charge on any atom is -0.480 e. The zero-order valence-corrected chi connectivity index (χ0v) is 7.98. The van der Waals surface area contributed by atoms with Crippen LogP contribution in [-0.2, 0) is 4.79 Å². The van der Waals surface area contributed by atoms with Crippen LogP contribution in [0.4, 0.5) is 19.0 Å². The lowest BCUT2D eigenvalue weighted by Gasteiger charge is -2.22. The number of carboxylic acid groups (broad SMARTS) is 1. The third kappa shape index (κ3) is 4.11. The third-order valence-electron chi connectivity index (χ3n) is 1.59. The van der Waals surface area contributed by atoms with E-state index < -0.39 is 25.2 Å². The molecule has 0 bridgehead atoms. The summed E-state index contributed by atoms with van der Waals surface area (Å²) in [5, 5.41) is 8.49. The highest BCUT2D eigenvalue weighted by molar-refractivity contribution is 5.73. The van der Waals surface area contributed by atoms with E-state index in [9.17, 15) is 18.0 Å². The maximum atomic E-state index is 12.2. The van der Waals surface area contributed by atoms with Crippen molar-refractivity contribution in [2.45, 2.75) is 6.18 Å². The summed E-state index contributed by atoms with van der Waals surface area (Å²) in [5.41, 5.74) is 0. The minimum atomic E-state index is -4.49. The molecule has 16 heavy (non-hydrogen) atoms. The number of carboxylic acids is 1. The number of rotatable bonds is 4. The van der Waals surface area contributed by atoms with Crippen LogP contribution < -0.4 is 4.90 Å². The largest absolute Gasteiger partial charge is 0.480 e. The average molecular weight is 235 g/mol. The van der Waals surface area contributed by atoms with Crippen molar-refractivity contribution in [1.82, 2.24) is 9.97 Å². The van der Waals surface area contributed by atoms with Gasteiger partial charge in [-0.15, -0.1) is 0 Å². The van der Waals surface area contributed by atoms with Crippen LogP contribution in [-0.4, -0.2) is 40.3 Å². The van der Waals surface area contributed by atoms with Crippen molar-refractivity contribution >= 4 is 11.8 Å². The Balaban J connectivity index is 2.84. The molecule has 1 N–H and O–H groups in total. The van der Waals surface area contributed by atoms with Crippen LogP contribution >= 0.6 is 0 Å². The third-order valence-corrected chi connectivity index (χ3v) is 1.59. The highest BCUT2D eigenvalue weighted by Gasteiger charge is 2.32. The van der Waals surface area contributed by atoms with Crippen molar-refractivity contribution in [3.8, 4) is 0 Å². The quantitative estimate of drug-likeness (QED) is 0.840. The summed E-state index contributed by atoms with van der Waals surface area (Å²) < 4.78 is 36.5. The number of nitrogens with zero attached hydrogens (tertiary/aromatic N) is 3. The SMILES string of the molecule is O=C(O)CN(CC(F)(F)F)c1ccncn1. The second-order valence-electron chi connectivity index (χ2n) is 2.93. The second kappa shape index (κ2) is 4.77. The van der Waals surface area contributed by atoms with Gasteiger partial charge in [-0.2, -0.15) is 13.2 Å². The Morgan fingerprint density at radius 3 is 2.62 bits per heavy atom. The second-order valence-corrected chi connectivity index (χ2v) is 2.93. The Kier molecular flexibility index (Phi) is 3.64. The Labute approximate surface area is 88.5 Å². The first-order valence-electron chi connectivity index (χ1n) is 4.18. The van der Waals surface area contributed by atoms with Crippen LogP contribution in [0.25, 0.3) is 0 Å². The molecule has 1 aromatic heterocycles. The highest BCUT2D eigenvalue weighted by atomic mass is 19.4. The van der Waals surface area contributed by atoms with Gasteiger partial charge in [0.2, 0.25) is 0 Å². The first-order valence-corrected chi connectivity index (χ1v) is 4.18. The van der Waals surface area contributed by atoms with Crippen LogP contribution in [0.2, 0.25) is 0 Å². The molecule has 5 nitrogen and oxygen atoms in total. The lowest BCUT2D eigenvalue weighted by Crippen LogP contribution is -2.38. The van der Waals surface area contributed by atoms with Gasteiger partial charge in [0.05, 0.1) is 0 Å². The van der Waals surface area contributed by atoms with E-state index in [2.05, 4.69) is 9.97 Å². The Morgan fingerprint density at radius 1 is 1.50 bits per heavy atom. The fourth-order valence-electron chi connectivity index (χ4n) is 1.07. The fraction of sp³-hybridized carbons (Fsp3) is 0.375. The number of alkyl halides is 3. The van der Waals surface area contributed by atoms with Gasteiger partial charge in [-0.3, -0.25) is 4.79 Å². The molecule has 0 aliphatic heterocycles.